The minimum atomic E-state index is -0.955. The zero-order valence-corrected chi connectivity index (χ0v) is 13.1. The molecule has 0 aliphatic heterocycles. The predicted molar refractivity (Wildman–Crippen MR) is 83.8 cm³/mol. The summed E-state index contributed by atoms with van der Waals surface area (Å²) in [5, 5.41) is 21.1. The fourth-order valence-corrected chi connectivity index (χ4v) is 3.14. The van der Waals surface area contributed by atoms with Crippen LogP contribution in [0.3, 0.4) is 0 Å². The number of hydrogen-bond acceptors (Lipinski definition) is 5. The molecule has 2 rings (SSSR count). The summed E-state index contributed by atoms with van der Waals surface area (Å²) in [7, 11) is 0. The summed E-state index contributed by atoms with van der Waals surface area (Å²) in [6, 6.07) is 5.66. The van der Waals surface area contributed by atoms with E-state index in [0.29, 0.717) is 24.8 Å². The second-order valence-corrected chi connectivity index (χ2v) is 6.25. The van der Waals surface area contributed by atoms with Crippen molar-refractivity contribution in [2.24, 2.45) is 11.8 Å². The first-order chi connectivity index (χ1) is 10.9. The Morgan fingerprint density at radius 2 is 2.04 bits per heavy atom. The van der Waals surface area contributed by atoms with Crippen LogP contribution in [0.1, 0.15) is 50.7 Å². The van der Waals surface area contributed by atoms with Gasteiger partial charge in [-0.1, -0.05) is 0 Å². The summed E-state index contributed by atoms with van der Waals surface area (Å²) in [5.74, 6) is -0.0826. The Balaban J connectivity index is 2.06. The van der Waals surface area contributed by atoms with Gasteiger partial charge in [-0.25, -0.2) is 0 Å². The minimum Gasteiger partial charge on any atom is -0.388 e. The van der Waals surface area contributed by atoms with Crippen molar-refractivity contribution in [3.8, 4) is 0 Å². The van der Waals surface area contributed by atoms with E-state index in [4.69, 9.17) is 0 Å². The lowest BCUT2D eigenvalue weighted by Crippen LogP contribution is -2.30. The molecule has 1 aromatic rings. The van der Waals surface area contributed by atoms with Gasteiger partial charge in [0.2, 0.25) is 0 Å². The van der Waals surface area contributed by atoms with Gasteiger partial charge in [0, 0.05) is 30.9 Å². The van der Waals surface area contributed by atoms with E-state index in [0.717, 1.165) is 12.8 Å². The number of nitrogens with zero attached hydrogens (tertiary/aromatic N) is 1. The predicted octanol–water partition coefficient (Wildman–Crippen LogP) is 2.98. The number of rotatable bonds is 6. The van der Waals surface area contributed by atoms with E-state index in [-0.39, 0.29) is 23.2 Å². The third-order valence-corrected chi connectivity index (χ3v) is 4.53. The molecule has 23 heavy (non-hydrogen) atoms. The average molecular weight is 319 g/mol. The van der Waals surface area contributed by atoms with Crippen molar-refractivity contribution in [2.45, 2.75) is 45.1 Å². The average Bonchev–Trinajstić information content (AvgIpc) is 2.53. The number of carbonyl (C=O) groups excluding carboxylic acids is 2. The number of carbonyl (C=O) groups is 2. The number of aliphatic hydroxyl groups excluding tert-OH is 1. The zero-order valence-electron chi connectivity index (χ0n) is 13.1. The number of benzene rings is 1. The van der Waals surface area contributed by atoms with E-state index in [9.17, 15) is 24.8 Å². The fraction of sp³-hybridized carbons (Fsp3) is 0.529. The molecule has 0 spiro atoms. The lowest BCUT2D eigenvalue weighted by molar-refractivity contribution is -0.384. The maximum atomic E-state index is 12.1. The van der Waals surface area contributed by atoms with Gasteiger partial charge in [0.25, 0.3) is 5.69 Å². The van der Waals surface area contributed by atoms with Crippen LogP contribution < -0.4 is 0 Å². The Kier molecular flexibility index (Phi) is 5.60. The highest BCUT2D eigenvalue weighted by molar-refractivity contribution is 5.82. The molecule has 0 radical (unpaired) electrons. The van der Waals surface area contributed by atoms with E-state index in [2.05, 4.69) is 0 Å². The van der Waals surface area contributed by atoms with Gasteiger partial charge in [0.1, 0.15) is 11.6 Å². The lowest BCUT2D eigenvalue weighted by atomic mass is 9.74. The van der Waals surface area contributed by atoms with Crippen molar-refractivity contribution in [2.75, 3.05) is 0 Å². The SMILES string of the molecule is CC(=O)CC[C@@H]1CCC(=O)[C@@H]([C@@H](O)c2ccc([N+](=O)[O-])cc2)C1. The summed E-state index contributed by atoms with van der Waals surface area (Å²) in [6.45, 7) is 1.55. The first-order valence-electron chi connectivity index (χ1n) is 7.83. The molecule has 1 fully saturated rings. The second kappa shape index (κ2) is 7.46. The number of nitro groups is 1. The number of nitro benzene ring substituents is 1. The first kappa shape index (κ1) is 17.3. The van der Waals surface area contributed by atoms with Gasteiger partial charge in [0.15, 0.2) is 0 Å². The maximum absolute atomic E-state index is 12.1. The van der Waals surface area contributed by atoms with Crippen LogP contribution in [0.4, 0.5) is 5.69 Å². The topological polar surface area (TPSA) is 97.5 Å². The molecule has 0 bridgehead atoms. The van der Waals surface area contributed by atoms with E-state index >= 15 is 0 Å². The highest BCUT2D eigenvalue weighted by Gasteiger charge is 2.34. The van der Waals surface area contributed by atoms with Crippen LogP contribution in [0.5, 0.6) is 0 Å². The molecule has 0 unspecified atom stereocenters. The molecular formula is C17H21NO5. The largest absolute Gasteiger partial charge is 0.388 e. The van der Waals surface area contributed by atoms with Gasteiger partial charge < -0.3 is 9.90 Å². The highest BCUT2D eigenvalue weighted by atomic mass is 16.6. The van der Waals surface area contributed by atoms with E-state index in [1.807, 2.05) is 0 Å². The quantitative estimate of drug-likeness (QED) is 0.642. The molecule has 1 aliphatic rings. The molecule has 1 N–H and O–H groups in total. The third-order valence-electron chi connectivity index (χ3n) is 4.53. The van der Waals surface area contributed by atoms with Crippen LogP contribution in [-0.4, -0.2) is 21.6 Å². The van der Waals surface area contributed by atoms with Crippen molar-refractivity contribution in [3.05, 3.63) is 39.9 Å². The van der Waals surface area contributed by atoms with Gasteiger partial charge in [-0.2, -0.15) is 0 Å². The molecule has 0 saturated heterocycles. The summed E-state index contributed by atoms with van der Waals surface area (Å²) in [4.78, 5) is 33.4. The number of aliphatic hydroxyl groups is 1. The van der Waals surface area contributed by atoms with E-state index in [1.54, 1.807) is 6.92 Å². The molecular weight excluding hydrogens is 298 g/mol. The smallest absolute Gasteiger partial charge is 0.269 e. The zero-order chi connectivity index (χ0) is 17.0. The van der Waals surface area contributed by atoms with Gasteiger partial charge in [-0.15, -0.1) is 0 Å². The van der Waals surface area contributed by atoms with Crippen molar-refractivity contribution in [1.29, 1.82) is 0 Å². The molecule has 1 aliphatic carbocycles. The minimum absolute atomic E-state index is 0.0231. The van der Waals surface area contributed by atoms with Crippen LogP contribution in [0, 0.1) is 22.0 Å². The van der Waals surface area contributed by atoms with E-state index in [1.165, 1.54) is 24.3 Å². The number of Topliss-reactive ketones (excluding diaryl/α,β-unsaturated/α-hetero) is 2. The van der Waals surface area contributed by atoms with Gasteiger partial charge in [-0.3, -0.25) is 14.9 Å². The maximum Gasteiger partial charge on any atom is 0.269 e. The lowest BCUT2D eigenvalue weighted by Gasteiger charge is -2.31. The van der Waals surface area contributed by atoms with Crippen LogP contribution in [-0.2, 0) is 9.59 Å². The molecule has 0 heterocycles. The summed E-state index contributed by atoms with van der Waals surface area (Å²) < 4.78 is 0. The molecule has 3 atom stereocenters. The third kappa shape index (κ3) is 4.45. The molecule has 0 amide bonds. The van der Waals surface area contributed by atoms with Crippen LogP contribution in [0.25, 0.3) is 0 Å². The standard InChI is InChI=1S/C17H21NO5/c1-11(19)2-3-12-4-9-16(20)15(10-12)17(21)13-5-7-14(8-6-13)18(22)23/h5-8,12,15,17,21H,2-4,9-10H2,1H3/t12-,15+,17+/m1/s1. The second-order valence-electron chi connectivity index (χ2n) is 6.25. The monoisotopic (exact) mass is 319 g/mol. The number of ketones is 2. The Bertz CT molecular complexity index is 596. The number of non-ortho nitro benzene ring substituents is 1. The van der Waals surface area contributed by atoms with Crippen molar-refractivity contribution >= 4 is 17.3 Å². The van der Waals surface area contributed by atoms with Gasteiger partial charge >= 0.3 is 0 Å². The Hall–Kier alpha value is -2.08. The van der Waals surface area contributed by atoms with Crippen LogP contribution in [0.15, 0.2) is 24.3 Å². The molecule has 1 saturated carbocycles. The molecule has 1 aromatic carbocycles. The fourth-order valence-electron chi connectivity index (χ4n) is 3.14. The summed E-state index contributed by atoms with van der Waals surface area (Å²) in [6.07, 6.45) is 2.02. The van der Waals surface area contributed by atoms with Crippen molar-refractivity contribution in [3.63, 3.8) is 0 Å². The first-order valence-corrected chi connectivity index (χ1v) is 7.83. The summed E-state index contributed by atoms with van der Waals surface area (Å²) in [5.41, 5.74) is 0.469. The Morgan fingerprint density at radius 3 is 2.61 bits per heavy atom. The van der Waals surface area contributed by atoms with Crippen molar-refractivity contribution in [1.82, 2.24) is 0 Å². The van der Waals surface area contributed by atoms with Gasteiger partial charge in [0.05, 0.1) is 11.0 Å². The van der Waals surface area contributed by atoms with Gasteiger partial charge in [-0.05, 0) is 49.8 Å². The van der Waals surface area contributed by atoms with Crippen LogP contribution >= 0.6 is 0 Å². The molecule has 0 aromatic heterocycles. The van der Waals surface area contributed by atoms with Crippen LogP contribution in [0.2, 0.25) is 0 Å². The molecule has 6 heteroatoms. The van der Waals surface area contributed by atoms with E-state index < -0.39 is 16.9 Å². The Labute approximate surface area is 134 Å². The molecule has 6 nitrogen and oxygen atoms in total. The van der Waals surface area contributed by atoms with Crippen molar-refractivity contribution < 1.29 is 19.6 Å². The number of hydrogen-bond donors (Lipinski definition) is 1. The Morgan fingerprint density at radius 1 is 1.39 bits per heavy atom. The highest BCUT2D eigenvalue weighted by Crippen LogP contribution is 2.37. The normalized spacial score (nSPS) is 22.6. The molecule has 124 valence electrons. The summed E-state index contributed by atoms with van der Waals surface area (Å²) >= 11 is 0.